The van der Waals surface area contributed by atoms with Crippen LogP contribution >= 0.6 is 0 Å². The molecule has 0 aromatic heterocycles. The van der Waals surface area contributed by atoms with Crippen molar-refractivity contribution in [2.45, 2.75) is 103 Å². The molecule has 0 amide bonds. The molecule has 0 rings (SSSR count). The van der Waals surface area contributed by atoms with Crippen LogP contribution in [0.4, 0.5) is 0 Å². The van der Waals surface area contributed by atoms with Gasteiger partial charge in [-0.25, -0.2) is 0 Å². The van der Waals surface area contributed by atoms with Crippen molar-refractivity contribution >= 4 is 5.78 Å². The van der Waals surface area contributed by atoms with Gasteiger partial charge in [0.15, 0.2) is 0 Å². The molecule has 1 N–H and O–H groups in total. The zero-order chi connectivity index (χ0) is 15.8. The highest BCUT2D eigenvalue weighted by atomic mass is 16.3. The van der Waals surface area contributed by atoms with E-state index in [0.717, 1.165) is 38.5 Å². The van der Waals surface area contributed by atoms with E-state index in [1.54, 1.807) is 6.92 Å². The van der Waals surface area contributed by atoms with Crippen LogP contribution in [0.5, 0.6) is 0 Å². The highest BCUT2D eigenvalue weighted by molar-refractivity contribution is 5.75. The van der Waals surface area contributed by atoms with Gasteiger partial charge >= 0.3 is 0 Å². The second kappa shape index (κ2) is 15.8. The largest absolute Gasteiger partial charge is 0.393 e. The Morgan fingerprint density at radius 2 is 1.62 bits per heavy atom. The van der Waals surface area contributed by atoms with Crippen LogP contribution in [0, 0.1) is 0 Å². The molecule has 0 heterocycles. The van der Waals surface area contributed by atoms with Crippen molar-refractivity contribution in [1.29, 1.82) is 0 Å². The molecule has 2 heteroatoms. The van der Waals surface area contributed by atoms with Crippen molar-refractivity contribution in [2.75, 3.05) is 0 Å². The number of aliphatic hydroxyl groups is 1. The summed E-state index contributed by atoms with van der Waals surface area (Å²) in [5.41, 5.74) is 0. The Morgan fingerprint density at radius 1 is 0.952 bits per heavy atom. The van der Waals surface area contributed by atoms with Gasteiger partial charge in [-0.15, -0.1) is 0 Å². The first-order valence-corrected chi connectivity index (χ1v) is 8.99. The Bertz CT molecular complexity index is 258. The number of carbonyl (C=O) groups excluding carboxylic acids is 1. The summed E-state index contributed by atoms with van der Waals surface area (Å²) in [5.74, 6) is 0.306. The standard InChI is InChI=1S/C19H36O2/c1-3-4-5-6-10-13-16-19(21)17-14-11-8-7-9-12-15-18(2)20/h10,13,19,21H,3-9,11-12,14-17H2,1-2H3/b13-10-. The predicted octanol–water partition coefficient (Wildman–Crippen LogP) is 5.58. The molecule has 0 aliphatic heterocycles. The van der Waals surface area contributed by atoms with Gasteiger partial charge in [-0.2, -0.15) is 0 Å². The van der Waals surface area contributed by atoms with Gasteiger partial charge in [0.25, 0.3) is 0 Å². The SMILES string of the molecule is CCCCC/C=C\CC(O)CCCCCCCCC(C)=O. The number of hydrogen-bond donors (Lipinski definition) is 1. The Hall–Kier alpha value is -0.630. The number of rotatable bonds is 15. The number of Topliss-reactive ketones (excluding diaryl/α,β-unsaturated/α-hetero) is 1. The summed E-state index contributed by atoms with van der Waals surface area (Å²) < 4.78 is 0. The van der Waals surface area contributed by atoms with Gasteiger partial charge < -0.3 is 9.90 Å². The molecular weight excluding hydrogens is 260 g/mol. The summed E-state index contributed by atoms with van der Waals surface area (Å²) >= 11 is 0. The molecule has 0 aromatic carbocycles. The van der Waals surface area contributed by atoms with Crippen molar-refractivity contribution in [1.82, 2.24) is 0 Å². The maximum absolute atomic E-state index is 10.8. The third-order valence-electron chi connectivity index (χ3n) is 3.87. The summed E-state index contributed by atoms with van der Waals surface area (Å²) in [6.07, 6.45) is 18.7. The van der Waals surface area contributed by atoms with E-state index in [9.17, 15) is 9.90 Å². The number of carbonyl (C=O) groups is 1. The molecule has 1 atom stereocenters. The quantitative estimate of drug-likeness (QED) is 0.316. The predicted molar refractivity (Wildman–Crippen MR) is 91.5 cm³/mol. The highest BCUT2D eigenvalue weighted by Gasteiger charge is 2.01. The van der Waals surface area contributed by atoms with Gasteiger partial charge in [0, 0.05) is 6.42 Å². The molecule has 0 saturated heterocycles. The molecule has 0 aromatic rings. The van der Waals surface area contributed by atoms with Crippen LogP contribution in [0.25, 0.3) is 0 Å². The van der Waals surface area contributed by atoms with Crippen LogP contribution in [0.3, 0.4) is 0 Å². The van der Waals surface area contributed by atoms with Crippen molar-refractivity contribution in [3.05, 3.63) is 12.2 Å². The van der Waals surface area contributed by atoms with Crippen LogP contribution in [0.1, 0.15) is 97.3 Å². The summed E-state index contributed by atoms with van der Waals surface area (Å²) in [5, 5.41) is 9.86. The van der Waals surface area contributed by atoms with Crippen LogP contribution in [0.2, 0.25) is 0 Å². The molecule has 1 unspecified atom stereocenters. The summed E-state index contributed by atoms with van der Waals surface area (Å²) in [4.78, 5) is 10.8. The fourth-order valence-corrected chi connectivity index (χ4v) is 2.46. The smallest absolute Gasteiger partial charge is 0.129 e. The topological polar surface area (TPSA) is 37.3 Å². The monoisotopic (exact) mass is 296 g/mol. The van der Waals surface area contributed by atoms with Gasteiger partial charge in [0.2, 0.25) is 0 Å². The lowest BCUT2D eigenvalue weighted by Gasteiger charge is -2.07. The Balaban J connectivity index is 3.26. The zero-order valence-corrected chi connectivity index (χ0v) is 14.3. The normalized spacial score (nSPS) is 12.9. The van der Waals surface area contributed by atoms with Crippen molar-refractivity contribution in [3.8, 4) is 0 Å². The average Bonchev–Trinajstić information content (AvgIpc) is 2.45. The maximum atomic E-state index is 10.8. The van der Waals surface area contributed by atoms with Crippen molar-refractivity contribution in [2.24, 2.45) is 0 Å². The van der Waals surface area contributed by atoms with E-state index < -0.39 is 0 Å². The molecule has 0 aliphatic rings. The van der Waals surface area contributed by atoms with Crippen LogP contribution < -0.4 is 0 Å². The molecule has 21 heavy (non-hydrogen) atoms. The van der Waals surface area contributed by atoms with Gasteiger partial charge in [-0.3, -0.25) is 0 Å². The van der Waals surface area contributed by atoms with Crippen LogP contribution in [-0.2, 0) is 4.79 Å². The molecular formula is C19H36O2. The van der Waals surface area contributed by atoms with Crippen LogP contribution in [-0.4, -0.2) is 17.0 Å². The lowest BCUT2D eigenvalue weighted by molar-refractivity contribution is -0.117. The molecule has 0 saturated carbocycles. The Labute approximate surface area is 132 Å². The second-order valence-corrected chi connectivity index (χ2v) is 6.22. The number of allylic oxidation sites excluding steroid dienone is 1. The maximum Gasteiger partial charge on any atom is 0.129 e. The summed E-state index contributed by atoms with van der Waals surface area (Å²) in [6.45, 7) is 3.89. The van der Waals surface area contributed by atoms with Crippen LogP contribution in [0.15, 0.2) is 12.2 Å². The van der Waals surface area contributed by atoms with Crippen molar-refractivity contribution < 1.29 is 9.90 Å². The molecule has 0 aliphatic carbocycles. The fourth-order valence-electron chi connectivity index (χ4n) is 2.46. The fraction of sp³-hybridized carbons (Fsp3) is 0.842. The number of unbranched alkanes of at least 4 members (excludes halogenated alkanes) is 8. The van der Waals surface area contributed by atoms with E-state index in [2.05, 4.69) is 19.1 Å². The first kappa shape index (κ1) is 20.4. The highest BCUT2D eigenvalue weighted by Crippen LogP contribution is 2.11. The summed E-state index contributed by atoms with van der Waals surface area (Å²) in [6, 6.07) is 0. The number of hydrogen-bond acceptors (Lipinski definition) is 2. The lowest BCUT2D eigenvalue weighted by Crippen LogP contribution is -2.04. The van der Waals surface area contributed by atoms with E-state index in [0.29, 0.717) is 5.78 Å². The lowest BCUT2D eigenvalue weighted by atomic mass is 10.0. The number of aliphatic hydroxyl groups excluding tert-OH is 1. The first-order chi connectivity index (χ1) is 10.2. The van der Waals surface area contributed by atoms with Gasteiger partial charge in [-0.05, 0) is 39.0 Å². The molecule has 2 nitrogen and oxygen atoms in total. The molecule has 0 fully saturated rings. The van der Waals surface area contributed by atoms with Crippen molar-refractivity contribution in [3.63, 3.8) is 0 Å². The van der Waals surface area contributed by atoms with E-state index in [-0.39, 0.29) is 6.10 Å². The first-order valence-electron chi connectivity index (χ1n) is 8.99. The van der Waals surface area contributed by atoms with E-state index >= 15 is 0 Å². The van der Waals surface area contributed by atoms with E-state index in [1.807, 2.05) is 0 Å². The Kier molecular flexibility index (Phi) is 15.3. The number of ketones is 1. The van der Waals surface area contributed by atoms with Gasteiger partial charge in [0.1, 0.15) is 5.78 Å². The minimum Gasteiger partial charge on any atom is -0.393 e. The molecule has 0 spiro atoms. The van der Waals surface area contributed by atoms with Gasteiger partial charge in [-0.1, -0.05) is 64.0 Å². The van der Waals surface area contributed by atoms with Gasteiger partial charge in [0.05, 0.1) is 6.10 Å². The molecule has 0 radical (unpaired) electrons. The minimum atomic E-state index is -0.162. The Morgan fingerprint density at radius 3 is 2.29 bits per heavy atom. The van der Waals surface area contributed by atoms with E-state index in [4.69, 9.17) is 0 Å². The average molecular weight is 296 g/mol. The third-order valence-corrected chi connectivity index (χ3v) is 3.87. The minimum absolute atomic E-state index is 0.162. The molecule has 124 valence electrons. The second-order valence-electron chi connectivity index (χ2n) is 6.22. The zero-order valence-electron chi connectivity index (χ0n) is 14.3. The molecule has 0 bridgehead atoms. The van der Waals surface area contributed by atoms with E-state index in [1.165, 1.54) is 44.9 Å². The summed E-state index contributed by atoms with van der Waals surface area (Å²) in [7, 11) is 0. The third kappa shape index (κ3) is 17.3.